The minimum Gasteiger partial charge on any atom is -0.466 e. The van der Waals surface area contributed by atoms with Crippen molar-refractivity contribution in [3.63, 3.8) is 0 Å². The van der Waals surface area contributed by atoms with Crippen LogP contribution in [0.3, 0.4) is 0 Å². The van der Waals surface area contributed by atoms with Gasteiger partial charge in [-0.2, -0.15) is 0 Å². The van der Waals surface area contributed by atoms with Gasteiger partial charge in [-0.25, -0.2) is 0 Å². The first kappa shape index (κ1) is 13.2. The molecule has 20 heavy (non-hydrogen) atoms. The number of carbonyl (C=O) groups is 1. The summed E-state index contributed by atoms with van der Waals surface area (Å²) in [4.78, 5) is 12.0. The zero-order valence-corrected chi connectivity index (χ0v) is 12.4. The molecule has 3 nitrogen and oxygen atoms in total. The molecular weight excluding hydrogens is 250 g/mol. The van der Waals surface area contributed by atoms with Gasteiger partial charge in [-0.3, -0.25) is 4.79 Å². The quantitative estimate of drug-likeness (QED) is 0.786. The van der Waals surface area contributed by atoms with Gasteiger partial charge >= 0.3 is 5.97 Å². The predicted molar refractivity (Wildman–Crippen MR) is 79.8 cm³/mol. The van der Waals surface area contributed by atoms with Crippen LogP contribution >= 0.6 is 0 Å². The van der Waals surface area contributed by atoms with E-state index in [1.165, 1.54) is 27.7 Å². The molecule has 0 aliphatic heterocycles. The molecule has 0 radical (unpaired) electrons. The summed E-state index contributed by atoms with van der Waals surface area (Å²) < 4.78 is 7.43. The Morgan fingerprint density at radius 1 is 1.45 bits per heavy atom. The van der Waals surface area contributed by atoms with Crippen LogP contribution < -0.4 is 0 Å². The first-order valence-corrected chi connectivity index (χ1v) is 7.35. The lowest BCUT2D eigenvalue weighted by molar-refractivity contribution is -0.148. The third-order valence-electron chi connectivity index (χ3n) is 4.39. The number of hydrogen-bond acceptors (Lipinski definition) is 2. The molecule has 3 rings (SSSR count). The second-order valence-electron chi connectivity index (χ2n) is 5.70. The van der Waals surface area contributed by atoms with Crippen LogP contribution in [0.2, 0.25) is 0 Å². The molecular formula is C17H21NO2. The average Bonchev–Trinajstić information content (AvgIpc) is 2.72. The number of benzene rings is 1. The molecule has 3 heteroatoms. The first-order valence-electron chi connectivity index (χ1n) is 7.35. The van der Waals surface area contributed by atoms with Crippen molar-refractivity contribution in [1.82, 2.24) is 4.57 Å². The lowest BCUT2D eigenvalue weighted by atomic mass is 9.86. The highest BCUT2D eigenvalue weighted by molar-refractivity contribution is 5.87. The minimum atomic E-state index is -0.0420. The lowest BCUT2D eigenvalue weighted by Gasteiger charge is -2.22. The fraction of sp³-hybridized carbons (Fsp3) is 0.471. The molecule has 1 unspecified atom stereocenters. The fourth-order valence-corrected chi connectivity index (χ4v) is 3.34. The van der Waals surface area contributed by atoms with Crippen molar-refractivity contribution in [1.29, 1.82) is 0 Å². The van der Waals surface area contributed by atoms with Crippen LogP contribution in [0, 0.1) is 12.8 Å². The van der Waals surface area contributed by atoms with E-state index in [-0.39, 0.29) is 11.9 Å². The van der Waals surface area contributed by atoms with Gasteiger partial charge in [0, 0.05) is 30.1 Å². The molecule has 1 aliphatic carbocycles. The fourth-order valence-electron chi connectivity index (χ4n) is 3.34. The van der Waals surface area contributed by atoms with E-state index in [2.05, 4.69) is 36.7 Å². The van der Waals surface area contributed by atoms with Crippen molar-refractivity contribution >= 4 is 16.9 Å². The third kappa shape index (κ3) is 2.01. The topological polar surface area (TPSA) is 31.2 Å². The minimum absolute atomic E-state index is 0.0200. The van der Waals surface area contributed by atoms with Crippen molar-refractivity contribution < 1.29 is 9.53 Å². The van der Waals surface area contributed by atoms with E-state index in [1.54, 1.807) is 0 Å². The second kappa shape index (κ2) is 4.97. The smallest absolute Gasteiger partial charge is 0.309 e. The maximum Gasteiger partial charge on any atom is 0.309 e. The van der Waals surface area contributed by atoms with Crippen LogP contribution in [-0.2, 0) is 29.4 Å². The van der Waals surface area contributed by atoms with Crippen molar-refractivity contribution in [2.75, 3.05) is 6.61 Å². The van der Waals surface area contributed by atoms with Crippen LogP contribution in [0.25, 0.3) is 10.9 Å². The molecule has 0 amide bonds. The number of ether oxygens (including phenoxy) is 1. The summed E-state index contributed by atoms with van der Waals surface area (Å²) in [5, 5.41) is 1.35. The van der Waals surface area contributed by atoms with Crippen LogP contribution in [0.1, 0.15) is 30.2 Å². The van der Waals surface area contributed by atoms with Crippen molar-refractivity contribution in [2.24, 2.45) is 13.0 Å². The Balaban J connectivity index is 2.02. The number of aromatic nitrogens is 1. The Hall–Kier alpha value is -1.77. The van der Waals surface area contributed by atoms with Gasteiger partial charge in [-0.1, -0.05) is 11.6 Å². The van der Waals surface area contributed by atoms with Crippen LogP contribution in [0.15, 0.2) is 18.2 Å². The molecule has 1 heterocycles. The number of esters is 1. The van der Waals surface area contributed by atoms with Gasteiger partial charge in [-0.05, 0) is 44.4 Å². The van der Waals surface area contributed by atoms with Crippen molar-refractivity contribution in [3.05, 3.63) is 35.0 Å². The summed E-state index contributed by atoms with van der Waals surface area (Å²) in [6.07, 6.45) is 2.68. The molecule has 0 bridgehead atoms. The Bertz CT molecular complexity index is 669. The largest absolute Gasteiger partial charge is 0.466 e. The summed E-state index contributed by atoms with van der Waals surface area (Å²) >= 11 is 0. The molecule has 0 saturated carbocycles. The number of aryl methyl sites for hydroxylation is 3. The number of rotatable bonds is 2. The molecule has 1 aromatic heterocycles. The van der Waals surface area contributed by atoms with Crippen LogP contribution in [-0.4, -0.2) is 17.1 Å². The SMILES string of the molecule is CCOC(=O)C1CCc2c(n(C)c3ccc(C)cc23)C1. The van der Waals surface area contributed by atoms with Gasteiger partial charge in [0.15, 0.2) is 0 Å². The Morgan fingerprint density at radius 3 is 3.00 bits per heavy atom. The molecule has 1 aliphatic rings. The molecule has 1 atom stereocenters. The molecule has 0 saturated heterocycles. The normalized spacial score (nSPS) is 18.1. The molecule has 1 aromatic carbocycles. The Kier molecular flexibility index (Phi) is 3.28. The Labute approximate surface area is 119 Å². The van der Waals surface area contributed by atoms with E-state index in [0.717, 1.165) is 19.3 Å². The maximum absolute atomic E-state index is 12.0. The van der Waals surface area contributed by atoms with Gasteiger partial charge < -0.3 is 9.30 Å². The van der Waals surface area contributed by atoms with Crippen molar-refractivity contribution in [2.45, 2.75) is 33.1 Å². The van der Waals surface area contributed by atoms with Gasteiger partial charge in [0.05, 0.1) is 12.5 Å². The highest BCUT2D eigenvalue weighted by atomic mass is 16.5. The van der Waals surface area contributed by atoms with Crippen LogP contribution in [0.4, 0.5) is 0 Å². The lowest BCUT2D eigenvalue weighted by Crippen LogP contribution is -2.25. The van der Waals surface area contributed by atoms with E-state index in [4.69, 9.17) is 4.74 Å². The monoisotopic (exact) mass is 271 g/mol. The zero-order valence-electron chi connectivity index (χ0n) is 12.4. The van der Waals surface area contributed by atoms with Gasteiger partial charge in [0.1, 0.15) is 0 Å². The maximum atomic E-state index is 12.0. The van der Waals surface area contributed by atoms with E-state index in [1.807, 2.05) is 6.92 Å². The standard InChI is InChI=1S/C17H21NO2/c1-4-20-17(19)12-6-7-13-14-9-11(2)5-8-15(14)18(3)16(13)10-12/h5,8-9,12H,4,6-7,10H2,1-3H3. The molecule has 0 fully saturated rings. The number of carbonyl (C=O) groups excluding carboxylic acids is 1. The van der Waals surface area contributed by atoms with Gasteiger partial charge in [-0.15, -0.1) is 0 Å². The molecule has 0 spiro atoms. The molecule has 0 N–H and O–H groups in total. The second-order valence-corrected chi connectivity index (χ2v) is 5.70. The molecule has 106 valence electrons. The van der Waals surface area contributed by atoms with E-state index < -0.39 is 0 Å². The predicted octanol–water partition coefficient (Wildman–Crippen LogP) is 3.15. The van der Waals surface area contributed by atoms with Gasteiger partial charge in [0.2, 0.25) is 0 Å². The molecule has 2 aromatic rings. The van der Waals surface area contributed by atoms with E-state index in [9.17, 15) is 4.79 Å². The summed E-state index contributed by atoms with van der Waals surface area (Å²) in [6, 6.07) is 6.60. The first-order chi connectivity index (χ1) is 9.61. The highest BCUT2D eigenvalue weighted by Crippen LogP contribution is 2.34. The average molecular weight is 271 g/mol. The number of nitrogens with zero attached hydrogens (tertiary/aromatic N) is 1. The highest BCUT2D eigenvalue weighted by Gasteiger charge is 2.29. The summed E-state index contributed by atoms with van der Waals surface area (Å²) in [5.41, 5.74) is 5.28. The summed E-state index contributed by atoms with van der Waals surface area (Å²) in [5.74, 6) is -0.0221. The number of fused-ring (bicyclic) bond motifs is 3. The van der Waals surface area contributed by atoms with E-state index in [0.29, 0.717) is 6.61 Å². The van der Waals surface area contributed by atoms with Crippen molar-refractivity contribution in [3.8, 4) is 0 Å². The van der Waals surface area contributed by atoms with Gasteiger partial charge in [0.25, 0.3) is 0 Å². The zero-order chi connectivity index (χ0) is 14.3. The third-order valence-corrected chi connectivity index (χ3v) is 4.39. The Morgan fingerprint density at radius 2 is 2.25 bits per heavy atom. The summed E-state index contributed by atoms with van der Waals surface area (Å²) in [7, 11) is 2.10. The number of hydrogen-bond donors (Lipinski definition) is 0. The van der Waals surface area contributed by atoms with Crippen LogP contribution in [0.5, 0.6) is 0 Å². The van der Waals surface area contributed by atoms with E-state index >= 15 is 0 Å². The summed E-state index contributed by atoms with van der Waals surface area (Å²) in [6.45, 7) is 4.46.